The molecule has 5 rings (SSSR count). The molecule has 0 N–H and O–H groups in total. The van der Waals surface area contributed by atoms with E-state index in [-0.39, 0.29) is 36.4 Å². The van der Waals surface area contributed by atoms with Crippen molar-refractivity contribution >= 4 is 27.3 Å². The van der Waals surface area contributed by atoms with Crippen molar-refractivity contribution in [3.8, 4) is 11.5 Å². The quantitative estimate of drug-likeness (QED) is 0.0730. The van der Waals surface area contributed by atoms with Crippen molar-refractivity contribution in [1.82, 2.24) is 0 Å². The van der Waals surface area contributed by atoms with Crippen LogP contribution in [-0.2, 0) is 35.6 Å². The molecule has 4 aromatic rings. The van der Waals surface area contributed by atoms with Gasteiger partial charge >= 0.3 is 5.97 Å². The lowest BCUT2D eigenvalue weighted by molar-refractivity contribution is -0.142. The highest BCUT2D eigenvalue weighted by Crippen LogP contribution is 2.43. The summed E-state index contributed by atoms with van der Waals surface area (Å²) in [7, 11) is 7.21. The van der Waals surface area contributed by atoms with Crippen LogP contribution < -0.4 is 14.7 Å². The summed E-state index contributed by atoms with van der Waals surface area (Å²) in [6.07, 6.45) is -0.157. The van der Waals surface area contributed by atoms with Crippen LogP contribution >= 0.6 is 0 Å². The highest BCUT2D eigenvalue weighted by Gasteiger charge is 2.49. The first-order chi connectivity index (χ1) is 24.0. The summed E-state index contributed by atoms with van der Waals surface area (Å²) in [4.78, 5) is 11.4. The zero-order valence-electron chi connectivity index (χ0n) is 30.3. The van der Waals surface area contributed by atoms with Gasteiger partial charge in [0, 0.05) is 12.9 Å². The van der Waals surface area contributed by atoms with Gasteiger partial charge in [-0.1, -0.05) is 107 Å². The molecule has 3 atom stereocenters. The predicted molar refractivity (Wildman–Crippen MR) is 200 cm³/mol. The summed E-state index contributed by atoms with van der Waals surface area (Å²) >= 11 is 0. The van der Waals surface area contributed by atoms with E-state index in [2.05, 4.69) is 52.0 Å². The second kappa shape index (κ2) is 16.4. The highest BCUT2D eigenvalue weighted by molar-refractivity contribution is 6.88. The zero-order valence-corrected chi connectivity index (χ0v) is 31.3. The molecule has 1 unspecified atom stereocenters. The smallest absolute Gasteiger partial charge is 0.302 e. The summed E-state index contributed by atoms with van der Waals surface area (Å²) in [5, 5.41) is 1.18. The molecule has 4 aromatic carbocycles. The lowest BCUT2D eigenvalue weighted by atomic mass is 9.80. The van der Waals surface area contributed by atoms with Gasteiger partial charge in [0.1, 0.15) is 37.7 Å². The summed E-state index contributed by atoms with van der Waals surface area (Å²) in [6.45, 7) is 10.9. The lowest BCUT2D eigenvalue weighted by Gasteiger charge is -2.42. The van der Waals surface area contributed by atoms with Crippen LogP contribution in [0, 0.1) is 0 Å². The van der Waals surface area contributed by atoms with Crippen LogP contribution in [0.25, 0.3) is 0 Å². The van der Waals surface area contributed by atoms with Crippen LogP contribution in [0.5, 0.6) is 11.5 Å². The fraction of sp³-hybridized carbons (Fsp3) is 0.390. The van der Waals surface area contributed by atoms with Crippen LogP contribution in [0.3, 0.4) is 0 Å². The molecule has 9 heteroatoms. The number of hydrogen-bond acceptors (Lipinski definition) is 7. The fourth-order valence-corrected chi connectivity index (χ4v) is 12.1. The normalized spacial score (nSPS) is 18.0. The minimum absolute atomic E-state index is 0.229. The third-order valence-electron chi connectivity index (χ3n) is 9.78. The van der Waals surface area contributed by atoms with Crippen LogP contribution in [0.1, 0.15) is 63.3 Å². The van der Waals surface area contributed by atoms with Crippen molar-refractivity contribution in [2.24, 2.45) is 0 Å². The van der Waals surface area contributed by atoms with Gasteiger partial charge in [-0.05, 0) is 69.2 Å². The van der Waals surface area contributed by atoms with Crippen LogP contribution in [0.2, 0.25) is 11.1 Å². The van der Waals surface area contributed by atoms with E-state index in [1.807, 2.05) is 78.9 Å². The molecule has 0 bridgehead atoms. The maximum absolute atomic E-state index is 11.4. The Morgan fingerprint density at radius 3 is 1.80 bits per heavy atom. The van der Waals surface area contributed by atoms with Gasteiger partial charge in [-0.25, -0.2) is 0 Å². The van der Waals surface area contributed by atoms with Crippen molar-refractivity contribution in [1.29, 1.82) is 0 Å². The number of methoxy groups -OCH3 is 2. The van der Waals surface area contributed by atoms with Crippen molar-refractivity contribution < 1.29 is 32.9 Å². The third-order valence-corrected chi connectivity index (χ3v) is 15.1. The molecule has 0 spiro atoms. The van der Waals surface area contributed by atoms with Gasteiger partial charge in [-0.3, -0.25) is 4.79 Å². The second-order valence-corrected chi connectivity index (χ2v) is 18.2. The van der Waals surface area contributed by atoms with Crippen molar-refractivity contribution in [3.63, 3.8) is 0 Å². The Balaban J connectivity index is 1.52. The van der Waals surface area contributed by atoms with Gasteiger partial charge in [0.2, 0.25) is 8.32 Å². The first kappa shape index (κ1) is 37.4. The minimum atomic E-state index is -2.64. The summed E-state index contributed by atoms with van der Waals surface area (Å²) < 4.78 is 37.3. The Labute approximate surface area is 299 Å². The molecule has 1 aliphatic heterocycles. The molecule has 2 radical (unpaired) electrons. The topological polar surface area (TPSA) is 72.5 Å². The number of carbonyl (C=O) groups is 1. The Hall–Kier alpha value is -3.89. The molecule has 50 heavy (non-hydrogen) atoms. The van der Waals surface area contributed by atoms with Gasteiger partial charge < -0.3 is 28.1 Å². The van der Waals surface area contributed by atoms with Gasteiger partial charge in [0.15, 0.2) is 0 Å². The van der Waals surface area contributed by atoms with Crippen LogP contribution in [0.15, 0.2) is 103 Å². The average Bonchev–Trinajstić information content (AvgIpc) is 3.49. The fourth-order valence-electron chi connectivity index (χ4n) is 7.27. The molecular weight excluding hydrogens is 643 g/mol. The number of esters is 1. The molecule has 0 saturated carbocycles. The Morgan fingerprint density at radius 1 is 0.800 bits per heavy atom. The number of ether oxygens (including phenoxy) is 5. The number of hydrogen-bond donors (Lipinski definition) is 0. The number of benzene rings is 4. The molecule has 262 valence electrons. The van der Waals surface area contributed by atoms with E-state index < -0.39 is 26.0 Å². The summed E-state index contributed by atoms with van der Waals surface area (Å²) in [5.41, 5.74) is 3.29. The van der Waals surface area contributed by atoms with Crippen molar-refractivity contribution in [2.45, 2.75) is 82.5 Å². The SMILES string of the molecule is [B][C@H]1CC(O[Si](c2ccc(COC(C)=O)cc2)(C(C)C)C(C)C)[C@@H](COC(c2ccccc2)(c2ccc(OC)cc2)c2ccc(OC)cc2)O1. The van der Waals surface area contributed by atoms with E-state index in [0.29, 0.717) is 6.42 Å². The van der Waals surface area contributed by atoms with Gasteiger partial charge in [0.25, 0.3) is 0 Å². The number of rotatable bonds is 15. The molecule has 0 amide bonds. The van der Waals surface area contributed by atoms with E-state index in [4.69, 9.17) is 36.0 Å². The molecule has 7 nitrogen and oxygen atoms in total. The summed E-state index contributed by atoms with van der Waals surface area (Å²) in [6, 6.07) is 34.1. The average molecular weight is 693 g/mol. The van der Waals surface area contributed by atoms with E-state index in [9.17, 15) is 4.79 Å². The maximum atomic E-state index is 11.4. The molecule has 1 heterocycles. The maximum Gasteiger partial charge on any atom is 0.302 e. The van der Waals surface area contributed by atoms with E-state index in [1.54, 1.807) is 14.2 Å². The van der Waals surface area contributed by atoms with Gasteiger partial charge in [0.05, 0.1) is 26.9 Å². The first-order valence-corrected chi connectivity index (χ1v) is 19.4. The Bertz CT molecular complexity index is 1600. The first-order valence-electron chi connectivity index (χ1n) is 17.3. The van der Waals surface area contributed by atoms with Crippen molar-refractivity contribution in [3.05, 3.63) is 125 Å². The minimum Gasteiger partial charge on any atom is -0.497 e. The molecule has 1 saturated heterocycles. The Morgan fingerprint density at radius 2 is 1.32 bits per heavy atom. The van der Waals surface area contributed by atoms with Gasteiger partial charge in [-0.15, -0.1) is 0 Å². The monoisotopic (exact) mass is 692 g/mol. The largest absolute Gasteiger partial charge is 0.497 e. The summed E-state index contributed by atoms with van der Waals surface area (Å²) in [5.74, 6) is 1.21. The second-order valence-electron chi connectivity index (χ2n) is 13.5. The van der Waals surface area contributed by atoms with Gasteiger partial charge in [-0.2, -0.15) is 0 Å². The predicted octanol–water partition coefficient (Wildman–Crippen LogP) is 7.42. The van der Waals surface area contributed by atoms with E-state index in [1.165, 1.54) is 12.1 Å². The van der Waals surface area contributed by atoms with Crippen LogP contribution in [-0.4, -0.2) is 61.2 Å². The Kier molecular flexibility index (Phi) is 12.3. The van der Waals surface area contributed by atoms with Crippen LogP contribution in [0.4, 0.5) is 0 Å². The highest BCUT2D eigenvalue weighted by atomic mass is 28.4. The molecule has 0 aromatic heterocycles. The van der Waals surface area contributed by atoms with E-state index in [0.717, 1.165) is 33.8 Å². The molecule has 1 fully saturated rings. The number of carbonyl (C=O) groups excluding carboxylic acids is 1. The third kappa shape index (κ3) is 7.86. The molecular formula is C41H49BO7Si. The lowest BCUT2D eigenvalue weighted by Crippen LogP contribution is -2.59. The standard InChI is InChI=1S/C41H49BO7Si/c1-28(2)50(29(3)4,37-23-13-31(14-24-37)26-46-30(5)43)49-38-25-40(42)48-39(38)27-47-41(32-11-9-8-10-12-32,33-15-19-35(44-6)20-16-33)34-17-21-36(45-7)22-18-34/h8-24,28-29,38-40H,25-27H2,1-7H3/t38?,39-,40-/m1/s1. The molecule has 1 aliphatic rings. The zero-order chi connectivity index (χ0) is 35.9. The van der Waals surface area contributed by atoms with E-state index >= 15 is 0 Å². The molecule has 0 aliphatic carbocycles. The van der Waals surface area contributed by atoms with Crippen molar-refractivity contribution in [2.75, 3.05) is 20.8 Å².